The molecule has 256 valence electrons. The number of carbonyl (C=O) groups is 1. The maximum Gasteiger partial charge on any atom is 0.171 e. The van der Waals surface area contributed by atoms with E-state index in [0.29, 0.717) is 75.6 Å². The van der Waals surface area contributed by atoms with E-state index in [1.807, 2.05) is 35.0 Å². The highest BCUT2D eigenvalue weighted by atomic mass is 35.5. The summed E-state index contributed by atoms with van der Waals surface area (Å²) in [7, 11) is 0. The van der Waals surface area contributed by atoms with Gasteiger partial charge in [0, 0.05) is 62.1 Å². The predicted molar refractivity (Wildman–Crippen MR) is 191 cm³/mol. The van der Waals surface area contributed by atoms with Gasteiger partial charge < -0.3 is 19.3 Å². The smallest absolute Gasteiger partial charge is 0.171 e. The molecule has 7 nitrogen and oxygen atoms in total. The average Bonchev–Trinajstić information content (AvgIpc) is 3.81. The molecule has 0 radical (unpaired) electrons. The minimum atomic E-state index is -0.490. The lowest BCUT2D eigenvalue weighted by Crippen LogP contribution is -2.61. The van der Waals surface area contributed by atoms with Crippen LogP contribution >= 0.6 is 45.9 Å². The van der Waals surface area contributed by atoms with Crippen LogP contribution in [0.15, 0.2) is 71.4 Å². The van der Waals surface area contributed by atoms with E-state index in [2.05, 4.69) is 19.6 Å². The normalized spacial score (nSPS) is 17.5. The Morgan fingerprint density at radius 1 is 0.667 bits per heavy atom. The number of halogens is 4. The molecule has 0 saturated carbocycles. The van der Waals surface area contributed by atoms with Crippen molar-refractivity contribution in [1.82, 2.24) is 9.80 Å². The lowest BCUT2D eigenvalue weighted by Gasteiger charge is -2.43. The SMILES string of the molecule is O=C(C(COCc1cccs1)N1CCN(c2ccc(F)cc2Cl)CC1)C(COCc1cccs1)N1CCN(c2ccc(F)cc2Cl)CC1. The van der Waals surface area contributed by atoms with Crippen LogP contribution in [0.2, 0.25) is 10.0 Å². The molecule has 4 aromatic rings. The molecule has 13 heteroatoms. The number of ether oxygens (including phenoxy) is 2. The first-order valence-corrected chi connectivity index (χ1v) is 18.5. The van der Waals surface area contributed by atoms with E-state index in [4.69, 9.17) is 32.7 Å². The van der Waals surface area contributed by atoms with Crippen molar-refractivity contribution in [1.29, 1.82) is 0 Å². The fourth-order valence-corrected chi connectivity index (χ4v) is 8.17. The molecule has 0 amide bonds. The number of rotatable bonds is 14. The average molecular weight is 736 g/mol. The number of anilines is 2. The zero-order valence-corrected chi connectivity index (χ0v) is 29.6. The molecule has 2 aliphatic heterocycles. The third-order valence-electron chi connectivity index (χ3n) is 8.87. The van der Waals surface area contributed by atoms with E-state index in [9.17, 15) is 13.6 Å². The molecule has 2 atom stereocenters. The Balaban J connectivity index is 1.18. The third kappa shape index (κ3) is 8.94. The number of hydrogen-bond donors (Lipinski definition) is 0. The highest BCUT2D eigenvalue weighted by Gasteiger charge is 2.38. The zero-order valence-electron chi connectivity index (χ0n) is 26.4. The van der Waals surface area contributed by atoms with Gasteiger partial charge in [0.1, 0.15) is 11.6 Å². The van der Waals surface area contributed by atoms with Gasteiger partial charge in [-0.05, 0) is 59.3 Å². The Kier molecular flexibility index (Phi) is 12.4. The van der Waals surface area contributed by atoms with Gasteiger partial charge in [-0.2, -0.15) is 0 Å². The highest BCUT2D eigenvalue weighted by Crippen LogP contribution is 2.30. The fraction of sp³-hybridized carbons (Fsp3) is 0.400. The summed E-state index contributed by atoms with van der Waals surface area (Å²) < 4.78 is 39.9. The first-order valence-electron chi connectivity index (χ1n) is 16.0. The van der Waals surface area contributed by atoms with Gasteiger partial charge in [-0.1, -0.05) is 35.3 Å². The Morgan fingerprint density at radius 2 is 1.08 bits per heavy atom. The predicted octanol–water partition coefficient (Wildman–Crippen LogP) is 7.08. The van der Waals surface area contributed by atoms with Gasteiger partial charge in [-0.3, -0.25) is 14.6 Å². The quantitative estimate of drug-likeness (QED) is 0.137. The summed E-state index contributed by atoms with van der Waals surface area (Å²) in [5.41, 5.74) is 1.57. The van der Waals surface area contributed by atoms with Crippen LogP contribution in [0.3, 0.4) is 0 Å². The zero-order chi connectivity index (χ0) is 33.5. The topological polar surface area (TPSA) is 48.5 Å². The van der Waals surface area contributed by atoms with Crippen LogP contribution < -0.4 is 9.80 Å². The molecule has 6 rings (SSSR count). The standard InChI is InChI=1S/C35H38Cl2F2N4O3S2/c36-29-19-25(38)5-7-31(29)40-9-13-42(14-10-40)33(23-45-21-27-3-1-17-47-27)35(44)34(24-46-22-28-4-2-18-48-28)43-15-11-41(12-16-43)32-8-6-26(39)20-30(32)37/h1-8,17-20,33-34H,9-16,21-24H2. The summed E-state index contributed by atoms with van der Waals surface area (Å²) in [5, 5.41) is 4.78. The molecule has 2 aliphatic rings. The molecule has 48 heavy (non-hydrogen) atoms. The molecule has 4 heterocycles. The number of hydrogen-bond acceptors (Lipinski definition) is 9. The Hall–Kier alpha value is -2.61. The molecule has 0 bridgehead atoms. The largest absolute Gasteiger partial charge is 0.374 e. The van der Waals surface area contributed by atoms with Gasteiger partial charge in [0.05, 0.1) is 59.9 Å². The molecule has 2 unspecified atom stereocenters. The number of carbonyl (C=O) groups excluding carboxylic acids is 1. The monoisotopic (exact) mass is 734 g/mol. The third-order valence-corrected chi connectivity index (χ3v) is 11.2. The second-order valence-electron chi connectivity index (χ2n) is 11.9. The second-order valence-corrected chi connectivity index (χ2v) is 14.7. The molecule has 0 N–H and O–H groups in total. The first-order chi connectivity index (χ1) is 23.4. The van der Waals surface area contributed by atoms with Crippen LogP contribution in [0.25, 0.3) is 0 Å². The number of Topliss-reactive ketones (excluding diaryl/α,β-unsaturated/α-hetero) is 1. The van der Waals surface area contributed by atoms with Crippen LogP contribution in [0, 0.1) is 11.6 Å². The Morgan fingerprint density at radius 3 is 1.44 bits per heavy atom. The molecule has 2 aromatic carbocycles. The number of piperazine rings is 2. The van der Waals surface area contributed by atoms with Crippen LogP contribution in [-0.2, 0) is 27.5 Å². The molecular formula is C35H38Cl2F2N4O3S2. The van der Waals surface area contributed by atoms with Crippen molar-refractivity contribution in [2.45, 2.75) is 25.3 Å². The van der Waals surface area contributed by atoms with Crippen molar-refractivity contribution in [3.8, 4) is 0 Å². The van der Waals surface area contributed by atoms with Crippen molar-refractivity contribution in [3.05, 3.63) is 103 Å². The fourth-order valence-electron chi connectivity index (χ4n) is 6.31. The molecule has 0 aliphatic carbocycles. The summed E-state index contributed by atoms with van der Waals surface area (Å²) in [4.78, 5) is 25.6. The number of nitrogens with zero attached hydrogens (tertiary/aromatic N) is 4. The van der Waals surface area contributed by atoms with Crippen molar-refractivity contribution < 1.29 is 23.0 Å². The van der Waals surface area contributed by atoms with Gasteiger partial charge in [-0.25, -0.2) is 8.78 Å². The molecular weight excluding hydrogens is 697 g/mol. The van der Waals surface area contributed by atoms with Crippen LogP contribution in [0.4, 0.5) is 20.2 Å². The van der Waals surface area contributed by atoms with Gasteiger partial charge in [0.15, 0.2) is 5.78 Å². The van der Waals surface area contributed by atoms with E-state index >= 15 is 0 Å². The van der Waals surface area contributed by atoms with Crippen molar-refractivity contribution in [2.75, 3.05) is 75.4 Å². The summed E-state index contributed by atoms with van der Waals surface area (Å²) in [6, 6.07) is 16.0. The van der Waals surface area contributed by atoms with Gasteiger partial charge in [0.25, 0.3) is 0 Å². The number of ketones is 1. The molecule has 0 spiro atoms. The van der Waals surface area contributed by atoms with E-state index in [1.54, 1.807) is 34.8 Å². The summed E-state index contributed by atoms with van der Waals surface area (Å²) in [6.45, 7) is 6.38. The maximum absolute atomic E-state index is 14.7. The van der Waals surface area contributed by atoms with Crippen LogP contribution in [0.5, 0.6) is 0 Å². The summed E-state index contributed by atoms with van der Waals surface area (Å²) >= 11 is 16.0. The number of thiophene rings is 2. The summed E-state index contributed by atoms with van der Waals surface area (Å²) in [5.74, 6) is -0.677. The lowest BCUT2D eigenvalue weighted by molar-refractivity contribution is -0.135. The summed E-state index contributed by atoms with van der Waals surface area (Å²) in [6.07, 6.45) is 0. The Bertz CT molecular complexity index is 1500. The van der Waals surface area contributed by atoms with Gasteiger partial charge >= 0.3 is 0 Å². The number of benzene rings is 2. The molecule has 2 aromatic heterocycles. The van der Waals surface area contributed by atoms with E-state index in [1.165, 1.54) is 24.3 Å². The van der Waals surface area contributed by atoms with Gasteiger partial charge in [-0.15, -0.1) is 22.7 Å². The van der Waals surface area contributed by atoms with Crippen molar-refractivity contribution >= 4 is 63.0 Å². The van der Waals surface area contributed by atoms with Crippen molar-refractivity contribution in [3.63, 3.8) is 0 Å². The second kappa shape index (κ2) is 16.9. The lowest BCUT2D eigenvalue weighted by atomic mass is 10.0. The molecule has 2 saturated heterocycles. The Labute approximate surface area is 298 Å². The highest BCUT2D eigenvalue weighted by molar-refractivity contribution is 7.10. The minimum Gasteiger partial charge on any atom is -0.374 e. The van der Waals surface area contributed by atoms with E-state index in [0.717, 1.165) is 21.1 Å². The molecule has 2 fully saturated rings. The van der Waals surface area contributed by atoms with Crippen LogP contribution in [0.1, 0.15) is 9.75 Å². The first kappa shape index (κ1) is 35.2. The van der Waals surface area contributed by atoms with E-state index in [-0.39, 0.29) is 30.6 Å². The van der Waals surface area contributed by atoms with Crippen molar-refractivity contribution in [2.24, 2.45) is 0 Å². The minimum absolute atomic E-state index is 0.0638. The van der Waals surface area contributed by atoms with E-state index < -0.39 is 12.1 Å². The van der Waals surface area contributed by atoms with Crippen LogP contribution in [-0.4, -0.2) is 93.2 Å². The maximum atomic E-state index is 14.7. The van der Waals surface area contributed by atoms with Gasteiger partial charge in [0.2, 0.25) is 0 Å².